The molecule has 0 aliphatic carbocycles. The van der Waals surface area contributed by atoms with E-state index in [4.69, 9.17) is 11.5 Å². The lowest BCUT2D eigenvalue weighted by atomic mass is 9.96. The van der Waals surface area contributed by atoms with Gasteiger partial charge in [-0.1, -0.05) is 13.3 Å². The Bertz CT molecular complexity index is 635. The fourth-order valence-electron chi connectivity index (χ4n) is 2.63. The zero-order chi connectivity index (χ0) is 15.6. The molecule has 7 heteroatoms. The SMILES string of the molecule is CCC1CCN(S(=O)(=O)c2ccc(C(N)=O)cc2N)CC1. The summed E-state index contributed by atoms with van der Waals surface area (Å²) in [5.74, 6) is -0.0413. The first-order chi connectivity index (χ1) is 9.86. The number of carbonyl (C=O) groups excluding carboxylic acids is 1. The van der Waals surface area contributed by atoms with Gasteiger partial charge in [0.2, 0.25) is 15.9 Å². The molecule has 4 N–H and O–H groups in total. The van der Waals surface area contributed by atoms with E-state index in [0.717, 1.165) is 19.3 Å². The third-order valence-electron chi connectivity index (χ3n) is 4.06. The van der Waals surface area contributed by atoms with Gasteiger partial charge in [0.05, 0.1) is 5.69 Å². The normalized spacial score (nSPS) is 17.8. The molecule has 1 fully saturated rings. The molecule has 0 aromatic heterocycles. The lowest BCUT2D eigenvalue weighted by Crippen LogP contribution is -2.38. The maximum atomic E-state index is 12.6. The van der Waals surface area contributed by atoms with Crippen molar-refractivity contribution < 1.29 is 13.2 Å². The molecule has 1 aliphatic heterocycles. The third kappa shape index (κ3) is 3.19. The zero-order valence-electron chi connectivity index (χ0n) is 12.1. The average molecular weight is 311 g/mol. The summed E-state index contributed by atoms with van der Waals surface area (Å²) in [4.78, 5) is 11.1. The summed E-state index contributed by atoms with van der Waals surface area (Å²) in [7, 11) is -3.61. The highest BCUT2D eigenvalue weighted by atomic mass is 32.2. The van der Waals surface area contributed by atoms with Crippen molar-refractivity contribution in [1.82, 2.24) is 4.31 Å². The Morgan fingerprint density at radius 1 is 1.33 bits per heavy atom. The minimum Gasteiger partial charge on any atom is -0.398 e. The fraction of sp³-hybridized carbons (Fsp3) is 0.500. The van der Waals surface area contributed by atoms with Crippen LogP contribution in [-0.2, 0) is 10.0 Å². The molecule has 21 heavy (non-hydrogen) atoms. The Balaban J connectivity index is 2.26. The van der Waals surface area contributed by atoms with E-state index in [1.165, 1.54) is 22.5 Å². The lowest BCUT2D eigenvalue weighted by Gasteiger charge is -2.31. The van der Waals surface area contributed by atoms with Crippen LogP contribution < -0.4 is 11.5 Å². The molecule has 0 bridgehead atoms. The maximum Gasteiger partial charge on any atom is 0.248 e. The quantitative estimate of drug-likeness (QED) is 0.814. The minimum absolute atomic E-state index is 0.0439. The molecule has 0 spiro atoms. The minimum atomic E-state index is -3.61. The highest BCUT2D eigenvalue weighted by Crippen LogP contribution is 2.28. The number of nitrogens with two attached hydrogens (primary N) is 2. The van der Waals surface area contributed by atoms with E-state index < -0.39 is 15.9 Å². The second kappa shape index (κ2) is 6.03. The first kappa shape index (κ1) is 15.8. The van der Waals surface area contributed by atoms with Crippen LogP contribution in [0.1, 0.15) is 36.5 Å². The number of hydrogen-bond acceptors (Lipinski definition) is 4. The predicted molar refractivity (Wildman–Crippen MR) is 81.1 cm³/mol. The number of sulfonamides is 1. The van der Waals surface area contributed by atoms with Crippen LogP contribution in [0.15, 0.2) is 23.1 Å². The van der Waals surface area contributed by atoms with Crippen LogP contribution in [0.5, 0.6) is 0 Å². The smallest absolute Gasteiger partial charge is 0.248 e. The summed E-state index contributed by atoms with van der Waals surface area (Å²) >= 11 is 0. The fourth-order valence-corrected chi connectivity index (χ4v) is 4.20. The Hall–Kier alpha value is -1.60. The molecule has 2 rings (SSSR count). The highest BCUT2D eigenvalue weighted by Gasteiger charge is 2.30. The van der Waals surface area contributed by atoms with Crippen molar-refractivity contribution in [2.24, 2.45) is 11.7 Å². The van der Waals surface area contributed by atoms with Crippen molar-refractivity contribution in [1.29, 1.82) is 0 Å². The van der Waals surface area contributed by atoms with Crippen LogP contribution >= 0.6 is 0 Å². The number of rotatable bonds is 4. The molecule has 0 saturated carbocycles. The van der Waals surface area contributed by atoms with Gasteiger partial charge in [-0.15, -0.1) is 0 Å². The number of carbonyl (C=O) groups is 1. The van der Waals surface area contributed by atoms with Gasteiger partial charge in [-0.2, -0.15) is 4.31 Å². The number of nitrogens with zero attached hydrogens (tertiary/aromatic N) is 1. The van der Waals surface area contributed by atoms with Crippen LogP contribution in [0.2, 0.25) is 0 Å². The monoisotopic (exact) mass is 311 g/mol. The molecular weight excluding hydrogens is 290 g/mol. The van der Waals surface area contributed by atoms with E-state index in [9.17, 15) is 13.2 Å². The van der Waals surface area contributed by atoms with Gasteiger partial charge in [-0.25, -0.2) is 8.42 Å². The van der Waals surface area contributed by atoms with Gasteiger partial charge in [0.25, 0.3) is 0 Å². The van der Waals surface area contributed by atoms with Gasteiger partial charge in [-0.3, -0.25) is 4.79 Å². The van der Waals surface area contributed by atoms with Gasteiger partial charge in [0, 0.05) is 18.7 Å². The molecule has 1 aliphatic rings. The predicted octanol–water partition coefficient (Wildman–Crippen LogP) is 1.18. The van der Waals surface area contributed by atoms with Crippen molar-refractivity contribution in [2.45, 2.75) is 31.1 Å². The van der Waals surface area contributed by atoms with Crippen molar-refractivity contribution in [3.63, 3.8) is 0 Å². The second-order valence-corrected chi connectivity index (χ2v) is 7.28. The van der Waals surface area contributed by atoms with E-state index in [1.54, 1.807) is 0 Å². The molecule has 1 amide bonds. The summed E-state index contributed by atoms with van der Waals surface area (Å²) in [5.41, 5.74) is 11.2. The average Bonchev–Trinajstić information content (AvgIpc) is 2.46. The van der Waals surface area contributed by atoms with E-state index in [1.807, 2.05) is 0 Å². The highest BCUT2D eigenvalue weighted by molar-refractivity contribution is 7.89. The number of benzene rings is 1. The van der Waals surface area contributed by atoms with Crippen LogP contribution in [0.4, 0.5) is 5.69 Å². The first-order valence-electron chi connectivity index (χ1n) is 7.05. The lowest BCUT2D eigenvalue weighted by molar-refractivity contribution is 0.1000. The van der Waals surface area contributed by atoms with E-state index in [0.29, 0.717) is 19.0 Å². The molecule has 1 saturated heterocycles. The topological polar surface area (TPSA) is 106 Å². The third-order valence-corrected chi connectivity index (χ3v) is 6.04. The van der Waals surface area contributed by atoms with Crippen LogP contribution in [-0.4, -0.2) is 31.7 Å². The first-order valence-corrected chi connectivity index (χ1v) is 8.49. The zero-order valence-corrected chi connectivity index (χ0v) is 12.9. The maximum absolute atomic E-state index is 12.6. The van der Waals surface area contributed by atoms with E-state index in [-0.39, 0.29) is 16.1 Å². The van der Waals surface area contributed by atoms with E-state index in [2.05, 4.69) is 6.92 Å². The standard InChI is InChI=1S/C14H21N3O3S/c1-2-10-5-7-17(8-6-10)21(19,20)13-4-3-11(14(16)18)9-12(13)15/h3-4,9-10H,2,5-8,15H2,1H3,(H2,16,18). The van der Waals surface area contributed by atoms with Crippen molar-refractivity contribution >= 4 is 21.6 Å². The summed E-state index contributed by atoms with van der Waals surface area (Å²) in [6.07, 6.45) is 2.81. The summed E-state index contributed by atoms with van der Waals surface area (Å²) < 4.78 is 26.7. The molecule has 0 radical (unpaired) electrons. The van der Waals surface area contributed by atoms with Gasteiger partial charge in [0.1, 0.15) is 4.90 Å². The number of hydrogen-bond donors (Lipinski definition) is 2. The van der Waals surface area contributed by atoms with Gasteiger partial charge in [0.15, 0.2) is 0 Å². The summed E-state index contributed by atoms with van der Waals surface area (Å²) in [6, 6.07) is 4.06. The Morgan fingerprint density at radius 3 is 2.43 bits per heavy atom. The Kier molecular flexibility index (Phi) is 4.53. The number of nitrogen functional groups attached to an aromatic ring is 1. The van der Waals surface area contributed by atoms with Gasteiger partial charge >= 0.3 is 0 Å². The molecular formula is C14H21N3O3S. The second-order valence-electron chi connectivity index (χ2n) is 5.37. The van der Waals surface area contributed by atoms with Crippen LogP contribution in [0.3, 0.4) is 0 Å². The van der Waals surface area contributed by atoms with E-state index >= 15 is 0 Å². The van der Waals surface area contributed by atoms with Crippen molar-refractivity contribution in [3.8, 4) is 0 Å². The molecule has 1 aromatic carbocycles. The van der Waals surface area contributed by atoms with Gasteiger partial charge < -0.3 is 11.5 Å². The molecule has 1 aromatic rings. The van der Waals surface area contributed by atoms with Gasteiger partial charge in [-0.05, 0) is 37.0 Å². The number of piperidine rings is 1. The molecule has 116 valence electrons. The van der Waals surface area contributed by atoms with Crippen LogP contribution in [0.25, 0.3) is 0 Å². The number of primary amides is 1. The summed E-state index contributed by atoms with van der Waals surface area (Å²) in [5, 5.41) is 0. The largest absolute Gasteiger partial charge is 0.398 e. The number of anilines is 1. The molecule has 0 atom stereocenters. The van der Waals surface area contributed by atoms with Crippen LogP contribution in [0, 0.1) is 5.92 Å². The number of amides is 1. The molecule has 0 unspecified atom stereocenters. The molecule has 1 heterocycles. The molecule has 6 nitrogen and oxygen atoms in total. The van der Waals surface area contributed by atoms with Crippen molar-refractivity contribution in [2.75, 3.05) is 18.8 Å². The Morgan fingerprint density at radius 2 is 1.95 bits per heavy atom. The van der Waals surface area contributed by atoms with Crippen molar-refractivity contribution in [3.05, 3.63) is 23.8 Å². The summed E-state index contributed by atoms with van der Waals surface area (Å²) in [6.45, 7) is 3.14. The Labute approximate surface area is 125 Å².